The summed E-state index contributed by atoms with van der Waals surface area (Å²) in [5.41, 5.74) is 6.43. The lowest BCUT2D eigenvalue weighted by Gasteiger charge is -2.12. The van der Waals surface area contributed by atoms with Crippen molar-refractivity contribution in [2.45, 2.75) is 26.3 Å². The lowest BCUT2D eigenvalue weighted by molar-refractivity contribution is -0.138. The van der Waals surface area contributed by atoms with Crippen molar-refractivity contribution < 1.29 is 19.5 Å². The second-order valence-corrected chi connectivity index (χ2v) is 4.92. The SMILES string of the molecule is CC(C)C(=O)Nc1cccc(NC(=O)C(N)CC(=O)O)c1. The van der Waals surface area contributed by atoms with Gasteiger partial charge < -0.3 is 21.5 Å². The van der Waals surface area contributed by atoms with Crippen LogP contribution in [0, 0.1) is 5.92 Å². The molecule has 21 heavy (non-hydrogen) atoms. The first-order chi connectivity index (χ1) is 9.79. The van der Waals surface area contributed by atoms with E-state index in [9.17, 15) is 14.4 Å². The molecular weight excluding hydrogens is 274 g/mol. The van der Waals surface area contributed by atoms with Crippen LogP contribution >= 0.6 is 0 Å². The summed E-state index contributed by atoms with van der Waals surface area (Å²) in [5, 5.41) is 13.8. The Morgan fingerprint density at radius 2 is 1.67 bits per heavy atom. The standard InChI is InChI=1S/C14H19N3O4/c1-8(2)13(20)16-9-4-3-5-10(6-9)17-14(21)11(15)7-12(18)19/h3-6,8,11H,7,15H2,1-2H3,(H,16,20)(H,17,21)(H,18,19). The van der Waals surface area contributed by atoms with Crippen LogP contribution in [0.4, 0.5) is 11.4 Å². The zero-order valence-corrected chi connectivity index (χ0v) is 11.9. The maximum Gasteiger partial charge on any atom is 0.305 e. The van der Waals surface area contributed by atoms with Crippen molar-refractivity contribution in [3.8, 4) is 0 Å². The summed E-state index contributed by atoms with van der Waals surface area (Å²) in [6, 6.07) is 5.42. The number of carbonyl (C=O) groups excluding carboxylic acids is 2. The van der Waals surface area contributed by atoms with Crippen molar-refractivity contribution in [2.75, 3.05) is 10.6 Å². The van der Waals surface area contributed by atoms with Crippen LogP contribution in [0.15, 0.2) is 24.3 Å². The van der Waals surface area contributed by atoms with Crippen LogP contribution in [0.25, 0.3) is 0 Å². The predicted octanol–water partition coefficient (Wildman–Crippen LogP) is 1.02. The van der Waals surface area contributed by atoms with Crippen molar-refractivity contribution >= 4 is 29.2 Å². The van der Waals surface area contributed by atoms with Gasteiger partial charge in [-0.2, -0.15) is 0 Å². The quantitative estimate of drug-likeness (QED) is 0.624. The molecule has 0 radical (unpaired) electrons. The normalized spacial score (nSPS) is 11.8. The number of carbonyl (C=O) groups is 3. The average molecular weight is 293 g/mol. The number of nitrogens with one attached hydrogen (secondary N) is 2. The molecule has 1 rings (SSSR count). The van der Waals surface area contributed by atoms with Crippen LogP contribution < -0.4 is 16.4 Å². The van der Waals surface area contributed by atoms with Crippen LogP contribution in [0.2, 0.25) is 0 Å². The molecule has 1 aromatic rings. The average Bonchev–Trinajstić information content (AvgIpc) is 2.38. The van der Waals surface area contributed by atoms with Gasteiger partial charge in [-0.25, -0.2) is 0 Å². The molecule has 5 N–H and O–H groups in total. The fraction of sp³-hybridized carbons (Fsp3) is 0.357. The Morgan fingerprint density at radius 1 is 1.14 bits per heavy atom. The Balaban J connectivity index is 2.70. The molecule has 0 aliphatic heterocycles. The van der Waals surface area contributed by atoms with Gasteiger partial charge >= 0.3 is 5.97 Å². The van der Waals surface area contributed by atoms with Crippen LogP contribution in [0.1, 0.15) is 20.3 Å². The van der Waals surface area contributed by atoms with E-state index in [1.54, 1.807) is 38.1 Å². The highest BCUT2D eigenvalue weighted by Crippen LogP contribution is 2.16. The van der Waals surface area contributed by atoms with Crippen molar-refractivity contribution in [1.82, 2.24) is 0 Å². The van der Waals surface area contributed by atoms with Gasteiger partial charge in [-0.15, -0.1) is 0 Å². The van der Waals surface area contributed by atoms with Gasteiger partial charge in [0.25, 0.3) is 0 Å². The molecule has 114 valence electrons. The Kier molecular flexibility index (Phi) is 5.86. The maximum absolute atomic E-state index is 11.7. The summed E-state index contributed by atoms with van der Waals surface area (Å²) in [7, 11) is 0. The van der Waals surface area contributed by atoms with Crippen molar-refractivity contribution in [1.29, 1.82) is 0 Å². The van der Waals surface area contributed by atoms with E-state index in [1.165, 1.54) is 0 Å². The lowest BCUT2D eigenvalue weighted by Crippen LogP contribution is -2.37. The molecule has 0 heterocycles. The van der Waals surface area contributed by atoms with E-state index < -0.39 is 24.3 Å². The third-order valence-electron chi connectivity index (χ3n) is 2.65. The third kappa shape index (κ3) is 5.62. The molecule has 0 bridgehead atoms. The predicted molar refractivity (Wildman–Crippen MR) is 78.8 cm³/mol. The summed E-state index contributed by atoms with van der Waals surface area (Å²) in [5.74, 6) is -2.03. The van der Waals surface area contributed by atoms with Crippen LogP contribution in [0.5, 0.6) is 0 Å². The van der Waals surface area contributed by atoms with E-state index in [2.05, 4.69) is 10.6 Å². The van der Waals surface area contributed by atoms with E-state index in [0.29, 0.717) is 11.4 Å². The summed E-state index contributed by atoms with van der Waals surface area (Å²) >= 11 is 0. The second kappa shape index (κ2) is 7.39. The van der Waals surface area contributed by atoms with Crippen molar-refractivity contribution in [3.63, 3.8) is 0 Å². The molecule has 7 heteroatoms. The number of hydrogen-bond acceptors (Lipinski definition) is 4. The smallest absolute Gasteiger partial charge is 0.305 e. The molecule has 0 aliphatic rings. The van der Waals surface area contributed by atoms with Gasteiger partial charge in [0, 0.05) is 17.3 Å². The molecule has 0 aromatic heterocycles. The topological polar surface area (TPSA) is 122 Å². The summed E-state index contributed by atoms with van der Waals surface area (Å²) in [6.45, 7) is 3.54. The van der Waals surface area contributed by atoms with Crippen LogP contribution in [0.3, 0.4) is 0 Å². The minimum Gasteiger partial charge on any atom is -0.481 e. The molecule has 0 saturated carbocycles. The maximum atomic E-state index is 11.7. The number of nitrogens with two attached hydrogens (primary N) is 1. The molecule has 2 amide bonds. The Bertz CT molecular complexity index is 543. The summed E-state index contributed by atoms with van der Waals surface area (Å²) in [4.78, 5) is 33.8. The van der Waals surface area contributed by atoms with E-state index >= 15 is 0 Å². The third-order valence-corrected chi connectivity index (χ3v) is 2.65. The minimum absolute atomic E-state index is 0.138. The number of aliphatic carboxylic acids is 1. The molecule has 1 atom stereocenters. The second-order valence-electron chi connectivity index (χ2n) is 4.92. The first-order valence-electron chi connectivity index (χ1n) is 6.48. The molecule has 0 saturated heterocycles. The van der Waals surface area contributed by atoms with Gasteiger partial charge in [0.1, 0.15) is 0 Å². The Hall–Kier alpha value is -2.41. The van der Waals surface area contributed by atoms with Gasteiger partial charge in [-0.1, -0.05) is 19.9 Å². The number of amides is 2. The van der Waals surface area contributed by atoms with Crippen LogP contribution in [-0.4, -0.2) is 28.9 Å². The highest BCUT2D eigenvalue weighted by molar-refractivity contribution is 5.98. The lowest BCUT2D eigenvalue weighted by atomic mass is 10.2. The highest BCUT2D eigenvalue weighted by Gasteiger charge is 2.17. The van der Waals surface area contributed by atoms with Crippen molar-refractivity contribution in [2.24, 2.45) is 11.7 Å². The van der Waals surface area contributed by atoms with Crippen LogP contribution in [-0.2, 0) is 14.4 Å². The fourth-order valence-electron chi connectivity index (χ4n) is 1.48. The summed E-state index contributed by atoms with van der Waals surface area (Å²) < 4.78 is 0. The first kappa shape index (κ1) is 16.6. The number of anilines is 2. The van der Waals surface area contributed by atoms with Gasteiger partial charge in [0.2, 0.25) is 11.8 Å². The van der Waals surface area contributed by atoms with Gasteiger partial charge in [0.05, 0.1) is 12.5 Å². The fourth-order valence-corrected chi connectivity index (χ4v) is 1.48. The molecular formula is C14H19N3O4. The monoisotopic (exact) mass is 293 g/mol. The largest absolute Gasteiger partial charge is 0.481 e. The molecule has 1 aromatic carbocycles. The summed E-state index contributed by atoms with van der Waals surface area (Å²) in [6.07, 6.45) is -0.449. The Morgan fingerprint density at radius 3 is 2.14 bits per heavy atom. The molecule has 0 aliphatic carbocycles. The number of carboxylic acids is 1. The van der Waals surface area contributed by atoms with Gasteiger partial charge in [-0.3, -0.25) is 14.4 Å². The zero-order chi connectivity index (χ0) is 16.0. The number of benzene rings is 1. The molecule has 0 spiro atoms. The number of hydrogen-bond donors (Lipinski definition) is 4. The minimum atomic E-state index is -1.14. The number of carboxylic acid groups (broad SMARTS) is 1. The Labute approximate surface area is 122 Å². The highest BCUT2D eigenvalue weighted by atomic mass is 16.4. The number of rotatable bonds is 6. The first-order valence-corrected chi connectivity index (χ1v) is 6.48. The molecule has 7 nitrogen and oxygen atoms in total. The van der Waals surface area contributed by atoms with E-state index in [0.717, 1.165) is 0 Å². The van der Waals surface area contributed by atoms with Gasteiger partial charge in [-0.05, 0) is 18.2 Å². The molecule has 0 fully saturated rings. The van der Waals surface area contributed by atoms with Crippen molar-refractivity contribution in [3.05, 3.63) is 24.3 Å². The van der Waals surface area contributed by atoms with E-state index in [1.807, 2.05) is 0 Å². The van der Waals surface area contributed by atoms with Gasteiger partial charge in [0.15, 0.2) is 0 Å². The molecule has 1 unspecified atom stereocenters. The zero-order valence-electron chi connectivity index (χ0n) is 11.9. The van der Waals surface area contributed by atoms with E-state index in [-0.39, 0.29) is 11.8 Å². The van der Waals surface area contributed by atoms with E-state index in [4.69, 9.17) is 10.8 Å².